The van der Waals surface area contributed by atoms with E-state index < -0.39 is 0 Å². The van der Waals surface area contributed by atoms with Gasteiger partial charge in [0, 0.05) is 50.8 Å². The zero-order chi connectivity index (χ0) is 19.0. The fourth-order valence-electron chi connectivity index (χ4n) is 4.26. The molecule has 0 N–H and O–H groups in total. The summed E-state index contributed by atoms with van der Waals surface area (Å²) in [5.74, 6) is 0.930. The number of rotatable bonds is 4. The number of amides is 1. The van der Waals surface area contributed by atoms with Crippen LogP contribution in [0.25, 0.3) is 0 Å². The second-order valence-corrected chi connectivity index (χ2v) is 7.62. The van der Waals surface area contributed by atoms with Crippen molar-refractivity contribution in [3.63, 3.8) is 0 Å². The predicted octanol–water partition coefficient (Wildman–Crippen LogP) is 3.98. The second kappa shape index (κ2) is 7.22. The van der Waals surface area contributed by atoms with Crippen molar-refractivity contribution in [1.29, 1.82) is 0 Å². The number of hydrogen-bond donors (Lipinski definition) is 0. The summed E-state index contributed by atoms with van der Waals surface area (Å²) >= 11 is 0. The molecule has 1 amide bonds. The van der Waals surface area contributed by atoms with Crippen LogP contribution in [-0.4, -0.2) is 36.7 Å². The Labute approximate surface area is 159 Å². The van der Waals surface area contributed by atoms with Crippen LogP contribution < -0.4 is 4.90 Å². The lowest BCUT2D eigenvalue weighted by molar-refractivity contribution is 0.0750. The zero-order valence-corrected chi connectivity index (χ0v) is 16.1. The Morgan fingerprint density at radius 1 is 1.15 bits per heavy atom. The van der Waals surface area contributed by atoms with Crippen molar-refractivity contribution >= 4 is 17.4 Å². The van der Waals surface area contributed by atoms with Gasteiger partial charge >= 0.3 is 0 Å². The molecule has 4 rings (SSSR count). The van der Waals surface area contributed by atoms with E-state index >= 15 is 0 Å². The maximum atomic E-state index is 13.0. The van der Waals surface area contributed by atoms with E-state index in [9.17, 15) is 9.59 Å². The Morgan fingerprint density at radius 2 is 1.89 bits per heavy atom. The number of carbonyl (C=O) groups excluding carboxylic acids is 2. The van der Waals surface area contributed by atoms with Crippen molar-refractivity contribution in [3.05, 3.63) is 52.5 Å². The molecule has 1 aliphatic carbocycles. The molecular formula is C22H26N2O3. The van der Waals surface area contributed by atoms with Gasteiger partial charge in [0.1, 0.15) is 5.76 Å². The normalized spacial score (nSPS) is 16.5. The quantitative estimate of drug-likeness (QED) is 0.821. The predicted molar refractivity (Wildman–Crippen MR) is 104 cm³/mol. The van der Waals surface area contributed by atoms with Crippen LogP contribution in [0.3, 0.4) is 0 Å². The third-order valence-electron chi connectivity index (χ3n) is 5.69. The number of furan rings is 1. The Hall–Kier alpha value is -2.56. The fraction of sp³-hybridized carbons (Fsp3) is 0.455. The number of para-hydroxylation sites is 1. The van der Waals surface area contributed by atoms with Gasteiger partial charge in [0.2, 0.25) is 0 Å². The number of anilines is 1. The molecule has 142 valence electrons. The van der Waals surface area contributed by atoms with Crippen LogP contribution in [0, 0.1) is 6.92 Å². The van der Waals surface area contributed by atoms with E-state index in [4.69, 9.17) is 4.42 Å². The van der Waals surface area contributed by atoms with Crippen molar-refractivity contribution in [2.45, 2.75) is 45.6 Å². The summed E-state index contributed by atoms with van der Waals surface area (Å²) < 4.78 is 5.84. The summed E-state index contributed by atoms with van der Waals surface area (Å²) in [4.78, 5) is 29.3. The van der Waals surface area contributed by atoms with Gasteiger partial charge in [-0.05, 0) is 37.8 Å². The zero-order valence-electron chi connectivity index (χ0n) is 16.1. The van der Waals surface area contributed by atoms with Crippen LogP contribution in [0.15, 0.2) is 28.7 Å². The van der Waals surface area contributed by atoms with E-state index in [0.717, 1.165) is 31.5 Å². The van der Waals surface area contributed by atoms with Crippen molar-refractivity contribution in [1.82, 2.24) is 4.90 Å². The van der Waals surface area contributed by atoms with Gasteiger partial charge in [0.05, 0.1) is 5.56 Å². The Morgan fingerprint density at radius 3 is 2.63 bits per heavy atom. The summed E-state index contributed by atoms with van der Waals surface area (Å²) in [6.07, 6.45) is 4.50. The lowest BCUT2D eigenvalue weighted by atomic mass is 9.94. The van der Waals surface area contributed by atoms with Crippen LogP contribution in [0.1, 0.15) is 63.5 Å². The highest BCUT2D eigenvalue weighted by Crippen LogP contribution is 2.31. The second-order valence-electron chi connectivity index (χ2n) is 7.62. The number of benzene rings is 1. The Kier molecular flexibility index (Phi) is 4.77. The van der Waals surface area contributed by atoms with Crippen LogP contribution in [0.4, 0.5) is 5.69 Å². The van der Waals surface area contributed by atoms with Gasteiger partial charge < -0.3 is 14.2 Å². The molecule has 0 atom stereocenters. The third kappa shape index (κ3) is 3.27. The Balaban J connectivity index is 1.57. The van der Waals surface area contributed by atoms with Gasteiger partial charge in [-0.2, -0.15) is 0 Å². The van der Waals surface area contributed by atoms with Crippen LogP contribution in [0.2, 0.25) is 0 Å². The first-order valence-electron chi connectivity index (χ1n) is 9.80. The number of hydrogen-bond acceptors (Lipinski definition) is 4. The van der Waals surface area contributed by atoms with Crippen LogP contribution >= 0.6 is 0 Å². The standard InChI is InChI=1S/C22H26N2O3/c1-15-20-18(25)10-7-11-19(20)27-21(15)22(26)23(2)14-16-8-3-4-9-17(16)24-12-5-6-13-24/h3-4,8-9H,5-7,10-14H2,1-2H3. The molecule has 2 aromatic rings. The molecule has 0 unspecified atom stereocenters. The molecule has 1 aliphatic heterocycles. The third-order valence-corrected chi connectivity index (χ3v) is 5.69. The molecule has 1 aromatic heterocycles. The summed E-state index contributed by atoms with van der Waals surface area (Å²) in [5, 5.41) is 0. The summed E-state index contributed by atoms with van der Waals surface area (Å²) in [5.41, 5.74) is 3.68. The Bertz CT molecular complexity index is 878. The number of ketones is 1. The smallest absolute Gasteiger partial charge is 0.289 e. The highest BCUT2D eigenvalue weighted by atomic mass is 16.4. The number of nitrogens with zero attached hydrogens (tertiary/aromatic N) is 2. The molecule has 2 heterocycles. The van der Waals surface area contributed by atoms with Crippen molar-refractivity contribution in [2.75, 3.05) is 25.0 Å². The first kappa shape index (κ1) is 17.8. The number of Topliss-reactive ketones (excluding diaryl/α,β-unsaturated/α-hetero) is 1. The highest BCUT2D eigenvalue weighted by Gasteiger charge is 2.30. The molecule has 27 heavy (non-hydrogen) atoms. The number of carbonyl (C=O) groups is 2. The van der Waals surface area contributed by atoms with Crippen molar-refractivity contribution in [2.24, 2.45) is 0 Å². The van der Waals surface area contributed by atoms with Gasteiger partial charge in [-0.25, -0.2) is 0 Å². The SMILES string of the molecule is Cc1c(C(=O)N(C)Cc2ccccc2N2CCCC2)oc2c1C(=O)CCC2. The van der Waals surface area contributed by atoms with E-state index in [-0.39, 0.29) is 11.7 Å². The molecular weight excluding hydrogens is 340 g/mol. The maximum Gasteiger partial charge on any atom is 0.289 e. The topological polar surface area (TPSA) is 53.8 Å². The largest absolute Gasteiger partial charge is 0.455 e. The molecule has 5 nitrogen and oxygen atoms in total. The van der Waals surface area contributed by atoms with E-state index in [0.29, 0.717) is 35.6 Å². The fourth-order valence-corrected chi connectivity index (χ4v) is 4.26. The lowest BCUT2D eigenvalue weighted by Crippen LogP contribution is -2.28. The molecule has 1 fully saturated rings. The van der Waals surface area contributed by atoms with Gasteiger partial charge in [0.15, 0.2) is 11.5 Å². The van der Waals surface area contributed by atoms with Crippen LogP contribution in [-0.2, 0) is 13.0 Å². The minimum Gasteiger partial charge on any atom is -0.455 e. The van der Waals surface area contributed by atoms with Gasteiger partial charge in [-0.15, -0.1) is 0 Å². The average molecular weight is 366 g/mol. The molecule has 0 radical (unpaired) electrons. The minimum atomic E-state index is -0.161. The monoisotopic (exact) mass is 366 g/mol. The van der Waals surface area contributed by atoms with Crippen LogP contribution in [0.5, 0.6) is 0 Å². The molecule has 0 saturated carbocycles. The first-order valence-corrected chi connectivity index (χ1v) is 9.80. The number of aryl methyl sites for hydroxylation is 1. The number of fused-ring (bicyclic) bond motifs is 1. The molecule has 0 spiro atoms. The van der Waals surface area contributed by atoms with Gasteiger partial charge in [-0.3, -0.25) is 9.59 Å². The van der Waals surface area contributed by atoms with Crippen molar-refractivity contribution < 1.29 is 14.0 Å². The summed E-state index contributed by atoms with van der Waals surface area (Å²) in [6, 6.07) is 8.29. The van der Waals surface area contributed by atoms with E-state index in [1.807, 2.05) is 13.0 Å². The van der Waals surface area contributed by atoms with E-state index in [1.165, 1.54) is 18.5 Å². The molecule has 0 bridgehead atoms. The van der Waals surface area contributed by atoms with E-state index in [2.05, 4.69) is 23.1 Å². The highest BCUT2D eigenvalue weighted by molar-refractivity contribution is 6.03. The molecule has 1 saturated heterocycles. The molecule has 5 heteroatoms. The van der Waals surface area contributed by atoms with Gasteiger partial charge in [-0.1, -0.05) is 18.2 Å². The summed E-state index contributed by atoms with van der Waals surface area (Å²) in [6.45, 7) is 4.48. The van der Waals surface area contributed by atoms with Gasteiger partial charge in [0.25, 0.3) is 5.91 Å². The van der Waals surface area contributed by atoms with E-state index in [1.54, 1.807) is 11.9 Å². The molecule has 2 aliphatic rings. The van der Waals surface area contributed by atoms with Crippen molar-refractivity contribution in [3.8, 4) is 0 Å². The average Bonchev–Trinajstić information content (AvgIpc) is 3.30. The lowest BCUT2D eigenvalue weighted by Gasteiger charge is -2.24. The maximum absolute atomic E-state index is 13.0. The molecule has 1 aromatic carbocycles. The minimum absolute atomic E-state index is 0.0959. The first-order chi connectivity index (χ1) is 13.1. The summed E-state index contributed by atoms with van der Waals surface area (Å²) in [7, 11) is 1.80.